The van der Waals surface area contributed by atoms with E-state index in [0.717, 1.165) is 40.3 Å². The number of aliphatic hydroxyl groups excluding tert-OH is 6. The molecule has 1 aromatic heterocycles. The lowest BCUT2D eigenvalue weighted by molar-refractivity contribution is -0.205. The van der Waals surface area contributed by atoms with Crippen LogP contribution in [0.1, 0.15) is 56.2 Å². The number of carbonyl (C=O) groups is 9. The summed E-state index contributed by atoms with van der Waals surface area (Å²) < 4.78 is 5.94. The summed E-state index contributed by atoms with van der Waals surface area (Å²) in [6, 6.07) is 7.06. The van der Waals surface area contributed by atoms with Crippen molar-refractivity contribution < 1.29 is 88.7 Å². The zero-order chi connectivity index (χ0) is 65.8. The van der Waals surface area contributed by atoms with E-state index >= 15 is 9.59 Å². The molecule has 8 amide bonds. The van der Waals surface area contributed by atoms with Crippen LogP contribution in [0.5, 0.6) is 5.75 Å². The number of phenols is 1. The first kappa shape index (κ1) is 72.7. The van der Waals surface area contributed by atoms with Gasteiger partial charge in [0.1, 0.15) is 77.9 Å². The van der Waals surface area contributed by atoms with Crippen LogP contribution >= 0.6 is 55.9 Å². The number of aromatic hydroxyl groups is 1. The molecule has 3 aromatic carbocycles. The van der Waals surface area contributed by atoms with Crippen molar-refractivity contribution >= 4 is 120 Å². The van der Waals surface area contributed by atoms with Gasteiger partial charge in [0, 0.05) is 60.0 Å². The number of aliphatic hydroxyl groups is 6. The van der Waals surface area contributed by atoms with Crippen molar-refractivity contribution in [2.75, 3.05) is 30.4 Å². The molecular weight excluding hydrogens is 1340 g/mol. The third kappa shape index (κ3) is 21.1. The lowest BCUT2D eigenvalue weighted by Crippen LogP contribution is -2.62. The maximum absolute atomic E-state index is 15.1. The number of para-hydroxylation sites is 1. The first-order valence-corrected chi connectivity index (χ1v) is 33.4. The first-order chi connectivity index (χ1) is 42.9. The summed E-state index contributed by atoms with van der Waals surface area (Å²) >= 11 is 2.78. The number of carboxylic acid groups (broad SMARTS) is 1. The molecule has 2 aliphatic heterocycles. The number of carbonyl (C=O) groups excluding carboxylic acids is 8. The van der Waals surface area contributed by atoms with Crippen molar-refractivity contribution in [2.24, 2.45) is 5.73 Å². The van der Waals surface area contributed by atoms with Gasteiger partial charge in [-0.25, -0.2) is 4.79 Å². The Morgan fingerprint density at radius 3 is 2.09 bits per heavy atom. The number of benzene rings is 3. The maximum Gasteiger partial charge on any atom is 0.328 e. The highest BCUT2D eigenvalue weighted by atomic mass is 123. The summed E-state index contributed by atoms with van der Waals surface area (Å²) in [4.78, 5) is 132. The minimum absolute atomic E-state index is 0.0555. The van der Waals surface area contributed by atoms with Crippen LogP contribution in [0.15, 0.2) is 79.0 Å². The summed E-state index contributed by atoms with van der Waals surface area (Å²) in [6.07, 6.45) is -8.10. The lowest BCUT2D eigenvalue weighted by atomic mass is 10.0. The van der Waals surface area contributed by atoms with E-state index in [1.807, 2.05) is 22.6 Å². The van der Waals surface area contributed by atoms with Crippen molar-refractivity contribution in [2.45, 2.75) is 149 Å². The topological polar surface area (TPSA) is 463 Å². The number of thioether (sulfide) groups is 1. The summed E-state index contributed by atoms with van der Waals surface area (Å²) in [6.45, 7) is 1.79. The van der Waals surface area contributed by atoms with Gasteiger partial charge in [-0.05, 0) is 97.1 Å². The Kier molecular flexibility index (Phi) is 28.7. The molecule has 492 valence electrons. The Labute approximate surface area is 543 Å². The van der Waals surface area contributed by atoms with Gasteiger partial charge in [-0.15, -0.1) is 11.8 Å². The third-order valence-electron chi connectivity index (χ3n) is 14.7. The predicted molar refractivity (Wildman–Crippen MR) is 342 cm³/mol. The van der Waals surface area contributed by atoms with Crippen LogP contribution in [0.25, 0.3) is 10.9 Å². The Bertz CT molecular complexity index is 3120. The number of amides is 8. The number of unbranched alkanes of at least 4 members (excludes halogenated alkanes) is 1. The molecule has 4 aromatic rings. The number of fused-ring (bicyclic) bond motifs is 1. The van der Waals surface area contributed by atoms with E-state index in [0.29, 0.717) is 37.6 Å². The van der Waals surface area contributed by atoms with Crippen LogP contribution in [-0.4, -0.2) is 220 Å². The number of nitrogens with two attached hydrogens (primary N) is 1. The minimum atomic E-state index is -1.89. The number of phenolic OH excluding ortho intramolecular Hbond substituents is 1. The summed E-state index contributed by atoms with van der Waals surface area (Å²) in [5, 5.41) is 104. The van der Waals surface area contributed by atoms with Gasteiger partial charge in [0.05, 0.1) is 22.4 Å². The molecule has 0 saturated carbocycles. The second kappa shape index (κ2) is 35.5. The Hall–Kier alpha value is -6.31. The molecule has 0 radical (unpaired) electrons. The van der Waals surface area contributed by atoms with Crippen molar-refractivity contribution in [3.05, 3.63) is 99.3 Å². The molecule has 28 nitrogen and oxygen atoms in total. The van der Waals surface area contributed by atoms with E-state index in [9.17, 15) is 74.4 Å². The van der Waals surface area contributed by atoms with Crippen molar-refractivity contribution in [1.29, 1.82) is 0 Å². The van der Waals surface area contributed by atoms with Crippen LogP contribution in [0.2, 0.25) is 0 Å². The Morgan fingerprint density at radius 1 is 0.767 bits per heavy atom. The summed E-state index contributed by atoms with van der Waals surface area (Å²) in [7, 11) is 1.69. The fourth-order valence-electron chi connectivity index (χ4n) is 9.66. The number of hydrogen-bond acceptors (Lipinski definition) is 21. The zero-order valence-corrected chi connectivity index (χ0v) is 53.6. The smallest absolute Gasteiger partial charge is 0.328 e. The highest BCUT2D eigenvalue weighted by molar-refractivity contribution is 14.1. The number of hydrogen-bond donors (Lipinski definition) is 18. The van der Waals surface area contributed by atoms with Crippen LogP contribution in [0.3, 0.4) is 0 Å². The van der Waals surface area contributed by atoms with Crippen LogP contribution < -0.4 is 48.3 Å². The standard InChI is InChI=1S/C58H77IN10O18S3/c1-28(71)45-56(84)67-41(55(83)69-46(29(2)72)57(85)86)27-90-89-26-40(66-51(79)37(21-30-10-4-3-5-11-30)62-44(74)17-19-88-58-49(77)48(76)47(75)43(25-70)87-58)54(82)64-38(22-31-15-16-42(73)34(59)20-31)52(80)65-39(23-32-24-61-35-13-7-6-12-33(32)35)53(81)63-36(50(78)68-45)14-8-9-18-60/h3-7,10-13,15-16,20,24,28-29,36-41,43,45-49,58,61,70-73,75-77H,8-9,14,17-19,21-23,25-27,60H2,1-2H3,(H,62,74)(H,63,81)(H,64,82)(H,65,80)(H,66,79)(H,67,84)(H,68,78)(H,69,83)(H,85,86)/t28-,29-,36+,37-,38+,39-,40+,41+,43-,45+,46-,47+,48+,49-,58+/m1/s1/i59-4. The third-order valence-corrected chi connectivity index (χ3v) is 19.2. The number of H-pyrrole nitrogens is 1. The average molecular weight is 1420 g/mol. The molecular formula is C58H77IN10O18S3. The number of aromatic nitrogens is 1. The number of carboxylic acids is 1. The molecule has 0 aliphatic carbocycles. The van der Waals surface area contributed by atoms with Crippen molar-refractivity contribution in [3.8, 4) is 5.75 Å². The van der Waals surface area contributed by atoms with E-state index in [1.165, 1.54) is 19.1 Å². The van der Waals surface area contributed by atoms with Gasteiger partial charge in [0.2, 0.25) is 47.3 Å². The fourth-order valence-corrected chi connectivity index (χ4v) is 13.7. The van der Waals surface area contributed by atoms with E-state index < -0.39 is 162 Å². The highest BCUT2D eigenvalue weighted by Gasteiger charge is 2.44. The molecule has 2 aliphatic rings. The monoisotopic (exact) mass is 1420 g/mol. The molecule has 6 rings (SSSR count). The predicted octanol–water partition coefficient (Wildman–Crippen LogP) is -2.32. The highest BCUT2D eigenvalue weighted by Crippen LogP contribution is 2.30. The van der Waals surface area contributed by atoms with E-state index in [2.05, 4.69) is 47.5 Å². The second-order valence-corrected chi connectivity index (χ2v) is 26.6. The molecule has 2 fully saturated rings. The number of halogens is 1. The van der Waals surface area contributed by atoms with Crippen LogP contribution in [0.4, 0.5) is 0 Å². The van der Waals surface area contributed by atoms with E-state index in [1.54, 1.807) is 66.9 Å². The van der Waals surface area contributed by atoms with Gasteiger partial charge in [-0.3, -0.25) is 38.4 Å². The first-order valence-electron chi connectivity index (χ1n) is 28.8. The van der Waals surface area contributed by atoms with E-state index in [-0.39, 0.29) is 56.6 Å². The number of rotatable bonds is 23. The number of ether oxygens (including phenoxy) is 1. The molecule has 0 spiro atoms. The zero-order valence-electron chi connectivity index (χ0n) is 49.0. The lowest BCUT2D eigenvalue weighted by Gasteiger charge is -2.39. The quantitative estimate of drug-likeness (QED) is 0.0211. The second-order valence-electron chi connectivity index (χ2n) is 21.6. The molecule has 32 heteroatoms. The van der Waals surface area contributed by atoms with Gasteiger partial charge in [-0.2, -0.15) is 0 Å². The van der Waals surface area contributed by atoms with Crippen molar-refractivity contribution in [3.63, 3.8) is 0 Å². The molecule has 2 saturated heterocycles. The number of nitrogens with one attached hydrogen (secondary N) is 9. The molecule has 19 N–H and O–H groups in total. The summed E-state index contributed by atoms with van der Waals surface area (Å²) in [5.74, 6) is -10.3. The van der Waals surface area contributed by atoms with Crippen LogP contribution in [0, 0.1) is 3.57 Å². The van der Waals surface area contributed by atoms with Gasteiger partial charge in [-0.1, -0.05) is 76.2 Å². The van der Waals surface area contributed by atoms with Gasteiger partial charge in [0.15, 0.2) is 6.04 Å². The Morgan fingerprint density at radius 2 is 1.42 bits per heavy atom. The van der Waals surface area contributed by atoms with Crippen molar-refractivity contribution in [1.82, 2.24) is 47.5 Å². The Balaban J connectivity index is 1.40. The van der Waals surface area contributed by atoms with Gasteiger partial charge < -0.3 is 98.8 Å². The SMILES string of the molecule is C[C@@H](O)[C@@H]1NC(=O)[C@H](CCCCN)NC(=O)[C@@H](Cc2c[nH]c3ccccc23)NC(=O)[C@H](Cc2ccc(O)c([123I])c2)NC(=O)[C@@H](NC(=O)[C@@H](Cc2ccccc2)NC(=O)CCS[C@@H]2O[C@H](CO)[C@H](O)[C@H](O)[C@H]2O)CSSC[C@@H](C(=O)N[C@@H](C(=O)O)[C@@H](C)O)NC1=O. The number of aliphatic carboxylic acids is 1. The van der Waals surface area contributed by atoms with Gasteiger partial charge >= 0.3 is 5.97 Å². The molecule has 15 atom stereocenters. The minimum Gasteiger partial charge on any atom is -0.507 e. The van der Waals surface area contributed by atoms with E-state index in [4.69, 9.17) is 10.5 Å². The van der Waals surface area contributed by atoms with Crippen LogP contribution in [-0.2, 0) is 67.2 Å². The largest absolute Gasteiger partial charge is 0.507 e. The number of aromatic amines is 1. The molecule has 3 heterocycles. The molecule has 90 heavy (non-hydrogen) atoms. The molecule has 0 bridgehead atoms. The average Bonchev–Trinajstić information content (AvgIpc) is 2.52. The maximum atomic E-state index is 15.1. The van der Waals surface area contributed by atoms with Gasteiger partial charge in [0.25, 0.3) is 0 Å². The summed E-state index contributed by atoms with van der Waals surface area (Å²) in [5.41, 5.74) is 6.87. The fraction of sp³-hybridized carbons (Fsp3) is 0.500. The normalized spacial score (nSPS) is 25.6. The molecule has 0 unspecified atom stereocenters.